The number of rotatable bonds is 5. The summed E-state index contributed by atoms with van der Waals surface area (Å²) in [6.07, 6.45) is 3.96. The van der Waals surface area contributed by atoms with Crippen molar-refractivity contribution in [2.75, 3.05) is 31.5 Å². The van der Waals surface area contributed by atoms with E-state index in [1.165, 1.54) is 17.6 Å². The number of morpholine rings is 1. The third-order valence-electron chi connectivity index (χ3n) is 5.70. The number of hydrogen-bond acceptors (Lipinski definition) is 6. The lowest BCUT2D eigenvalue weighted by Crippen LogP contribution is -2.50. The lowest BCUT2D eigenvalue weighted by Gasteiger charge is -2.38. The van der Waals surface area contributed by atoms with Gasteiger partial charge in [0.15, 0.2) is 5.76 Å². The standard InChI is InChI=1S/C22H29N3O4S/c1-14-10-19(23-21(26)18-7-5-9-28-18)30-20(14)22(27)25-8-4-6-17(25)13-24-11-15(2)29-16(3)12-24/h5,7,9-10,15-17H,4,6,8,11-13H2,1-3H3,(H,23,26). The largest absolute Gasteiger partial charge is 0.459 e. The fourth-order valence-electron chi connectivity index (χ4n) is 4.49. The smallest absolute Gasteiger partial charge is 0.291 e. The van der Waals surface area contributed by atoms with Crippen LogP contribution in [-0.2, 0) is 4.74 Å². The summed E-state index contributed by atoms with van der Waals surface area (Å²) in [6, 6.07) is 5.37. The molecule has 2 aliphatic rings. The summed E-state index contributed by atoms with van der Waals surface area (Å²) in [5.41, 5.74) is 0.888. The van der Waals surface area contributed by atoms with Crippen LogP contribution in [0, 0.1) is 6.92 Å². The lowest BCUT2D eigenvalue weighted by molar-refractivity contribution is -0.0715. The Balaban J connectivity index is 1.43. The number of likely N-dealkylation sites (tertiary alicyclic amines) is 1. The molecule has 4 rings (SSSR count). The number of amides is 2. The molecule has 7 nitrogen and oxygen atoms in total. The van der Waals surface area contributed by atoms with Crippen LogP contribution in [0.25, 0.3) is 0 Å². The molecule has 3 atom stereocenters. The SMILES string of the molecule is Cc1cc(NC(=O)c2ccco2)sc1C(=O)N1CCCC1CN1CC(C)OC(C)C1. The van der Waals surface area contributed by atoms with Crippen molar-refractivity contribution in [3.63, 3.8) is 0 Å². The first-order chi connectivity index (χ1) is 14.4. The summed E-state index contributed by atoms with van der Waals surface area (Å²) in [5.74, 6) is 0.00483. The van der Waals surface area contributed by atoms with Crippen molar-refractivity contribution in [2.45, 2.75) is 51.9 Å². The van der Waals surface area contributed by atoms with Gasteiger partial charge in [0.05, 0.1) is 28.3 Å². The van der Waals surface area contributed by atoms with Crippen LogP contribution in [0.3, 0.4) is 0 Å². The Morgan fingerprint density at radius 1 is 1.27 bits per heavy atom. The summed E-state index contributed by atoms with van der Waals surface area (Å²) >= 11 is 1.33. The van der Waals surface area contributed by atoms with E-state index < -0.39 is 0 Å². The quantitative estimate of drug-likeness (QED) is 0.783. The van der Waals surface area contributed by atoms with Gasteiger partial charge in [0.25, 0.3) is 11.8 Å². The molecule has 2 saturated heterocycles. The topological polar surface area (TPSA) is 75.0 Å². The minimum atomic E-state index is -0.310. The third kappa shape index (κ3) is 4.61. The minimum Gasteiger partial charge on any atom is -0.459 e. The monoisotopic (exact) mass is 431 g/mol. The molecule has 0 aromatic carbocycles. The Morgan fingerprint density at radius 2 is 2.03 bits per heavy atom. The number of thiophene rings is 1. The van der Waals surface area contributed by atoms with Gasteiger partial charge in [0.2, 0.25) is 0 Å². The molecule has 2 aliphatic heterocycles. The van der Waals surface area contributed by atoms with Crippen LogP contribution in [0.5, 0.6) is 0 Å². The van der Waals surface area contributed by atoms with E-state index in [4.69, 9.17) is 9.15 Å². The van der Waals surface area contributed by atoms with Crippen molar-refractivity contribution in [3.05, 3.63) is 40.7 Å². The molecule has 0 saturated carbocycles. The van der Waals surface area contributed by atoms with E-state index in [1.54, 1.807) is 12.1 Å². The minimum absolute atomic E-state index is 0.0628. The van der Waals surface area contributed by atoms with Crippen molar-refractivity contribution in [3.8, 4) is 0 Å². The molecule has 2 amide bonds. The molecular weight excluding hydrogens is 402 g/mol. The highest BCUT2D eigenvalue weighted by Gasteiger charge is 2.34. The molecule has 2 aromatic rings. The van der Waals surface area contributed by atoms with Crippen molar-refractivity contribution in [1.82, 2.24) is 9.80 Å². The van der Waals surface area contributed by atoms with Crippen LogP contribution in [0.1, 0.15) is 52.5 Å². The first-order valence-corrected chi connectivity index (χ1v) is 11.4. The second-order valence-electron chi connectivity index (χ2n) is 8.32. The molecule has 2 aromatic heterocycles. The van der Waals surface area contributed by atoms with Crippen LogP contribution in [0.2, 0.25) is 0 Å². The lowest BCUT2D eigenvalue weighted by atomic mass is 10.1. The summed E-state index contributed by atoms with van der Waals surface area (Å²) in [5, 5.41) is 3.49. The van der Waals surface area contributed by atoms with Crippen LogP contribution in [0.15, 0.2) is 28.9 Å². The number of nitrogens with one attached hydrogen (secondary N) is 1. The molecule has 0 bridgehead atoms. The summed E-state index contributed by atoms with van der Waals surface area (Å²) in [7, 11) is 0. The Morgan fingerprint density at radius 3 is 2.73 bits per heavy atom. The molecule has 0 radical (unpaired) electrons. The van der Waals surface area contributed by atoms with Gasteiger partial charge in [-0.3, -0.25) is 14.5 Å². The molecule has 8 heteroatoms. The van der Waals surface area contributed by atoms with Gasteiger partial charge >= 0.3 is 0 Å². The van der Waals surface area contributed by atoms with E-state index in [0.717, 1.165) is 44.6 Å². The summed E-state index contributed by atoms with van der Waals surface area (Å²) in [4.78, 5) is 30.7. The van der Waals surface area contributed by atoms with E-state index in [1.807, 2.05) is 17.9 Å². The van der Waals surface area contributed by atoms with Gasteiger partial charge in [0.1, 0.15) is 0 Å². The van der Waals surface area contributed by atoms with Gasteiger partial charge in [-0.15, -0.1) is 11.3 Å². The first-order valence-electron chi connectivity index (χ1n) is 10.5. The van der Waals surface area contributed by atoms with Gasteiger partial charge in [0, 0.05) is 32.2 Å². The number of carbonyl (C=O) groups excluding carboxylic acids is 2. The average Bonchev–Trinajstić information content (AvgIpc) is 3.41. The number of aryl methyl sites for hydroxylation is 1. The second kappa shape index (κ2) is 8.91. The molecule has 2 fully saturated rings. The summed E-state index contributed by atoms with van der Waals surface area (Å²) in [6.45, 7) is 9.61. The van der Waals surface area contributed by atoms with E-state index in [0.29, 0.717) is 9.88 Å². The number of hydrogen-bond donors (Lipinski definition) is 1. The van der Waals surface area contributed by atoms with Crippen LogP contribution >= 0.6 is 11.3 Å². The number of furan rings is 1. The van der Waals surface area contributed by atoms with Gasteiger partial charge < -0.3 is 19.4 Å². The van der Waals surface area contributed by atoms with E-state index in [-0.39, 0.29) is 35.8 Å². The highest BCUT2D eigenvalue weighted by atomic mass is 32.1. The molecule has 3 unspecified atom stereocenters. The Kier molecular flexibility index (Phi) is 6.26. The van der Waals surface area contributed by atoms with E-state index in [9.17, 15) is 9.59 Å². The van der Waals surface area contributed by atoms with Crippen molar-refractivity contribution < 1.29 is 18.7 Å². The Bertz CT molecular complexity index is 884. The van der Waals surface area contributed by atoms with Gasteiger partial charge in [-0.25, -0.2) is 0 Å². The van der Waals surface area contributed by atoms with Gasteiger partial charge in [-0.2, -0.15) is 0 Å². The zero-order chi connectivity index (χ0) is 21.3. The van der Waals surface area contributed by atoms with Gasteiger partial charge in [-0.05, 0) is 57.4 Å². The van der Waals surface area contributed by atoms with Crippen molar-refractivity contribution in [1.29, 1.82) is 0 Å². The molecule has 0 aliphatic carbocycles. The maximum Gasteiger partial charge on any atom is 0.291 e. The molecule has 30 heavy (non-hydrogen) atoms. The highest BCUT2D eigenvalue weighted by molar-refractivity contribution is 7.18. The first kappa shape index (κ1) is 21.1. The zero-order valence-corrected chi connectivity index (χ0v) is 18.5. The Labute approximate surface area is 181 Å². The van der Waals surface area contributed by atoms with Crippen LogP contribution in [-0.4, -0.2) is 66.0 Å². The third-order valence-corrected chi connectivity index (χ3v) is 6.84. The average molecular weight is 432 g/mol. The van der Waals surface area contributed by atoms with Crippen molar-refractivity contribution in [2.24, 2.45) is 0 Å². The molecule has 0 spiro atoms. The summed E-state index contributed by atoms with van der Waals surface area (Å²) < 4.78 is 11.0. The normalized spacial score (nSPS) is 24.9. The zero-order valence-electron chi connectivity index (χ0n) is 17.7. The number of nitrogens with zero attached hydrogens (tertiary/aromatic N) is 2. The second-order valence-corrected chi connectivity index (χ2v) is 9.38. The van der Waals surface area contributed by atoms with Crippen LogP contribution in [0.4, 0.5) is 5.00 Å². The molecule has 162 valence electrons. The molecule has 1 N–H and O–H groups in total. The van der Waals surface area contributed by atoms with E-state index >= 15 is 0 Å². The molecule has 4 heterocycles. The fourth-order valence-corrected chi connectivity index (χ4v) is 5.52. The fraction of sp³-hybridized carbons (Fsp3) is 0.545. The van der Waals surface area contributed by atoms with Gasteiger partial charge in [-0.1, -0.05) is 0 Å². The maximum atomic E-state index is 13.3. The predicted molar refractivity (Wildman–Crippen MR) is 116 cm³/mol. The molecular formula is C22H29N3O4S. The van der Waals surface area contributed by atoms with E-state index in [2.05, 4.69) is 24.1 Å². The van der Waals surface area contributed by atoms with Crippen molar-refractivity contribution >= 4 is 28.2 Å². The number of carbonyl (C=O) groups is 2. The van der Waals surface area contributed by atoms with Crippen LogP contribution < -0.4 is 5.32 Å². The maximum absolute atomic E-state index is 13.3. The number of anilines is 1. The predicted octanol–water partition coefficient (Wildman–Crippen LogP) is 3.62. The highest BCUT2D eigenvalue weighted by Crippen LogP contribution is 2.31. The number of ether oxygens (including phenoxy) is 1. The Hall–Kier alpha value is -2.16.